The predicted octanol–water partition coefficient (Wildman–Crippen LogP) is 3.24. The van der Waals surface area contributed by atoms with Crippen molar-refractivity contribution in [1.82, 2.24) is 4.90 Å². The second-order valence-electron chi connectivity index (χ2n) is 5.40. The number of benzene rings is 2. The Kier molecular flexibility index (Phi) is 5.92. The first kappa shape index (κ1) is 19.1. The van der Waals surface area contributed by atoms with Crippen LogP contribution in [0.25, 0.3) is 0 Å². The van der Waals surface area contributed by atoms with Gasteiger partial charge in [0.05, 0.1) is 22.1 Å². The van der Waals surface area contributed by atoms with Gasteiger partial charge in [-0.25, -0.2) is 8.42 Å². The van der Waals surface area contributed by atoms with Crippen molar-refractivity contribution in [1.29, 1.82) is 0 Å². The van der Waals surface area contributed by atoms with Crippen molar-refractivity contribution in [2.75, 3.05) is 25.4 Å². The van der Waals surface area contributed by atoms with Crippen molar-refractivity contribution in [3.63, 3.8) is 0 Å². The third-order valence-electron chi connectivity index (χ3n) is 3.30. The first-order chi connectivity index (χ1) is 11.7. The molecule has 0 aliphatic rings. The van der Waals surface area contributed by atoms with Crippen molar-refractivity contribution in [2.24, 2.45) is 0 Å². The number of carbonyl (C=O) groups is 1. The van der Waals surface area contributed by atoms with Crippen LogP contribution in [0.15, 0.2) is 47.4 Å². The second kappa shape index (κ2) is 7.76. The number of amides is 1. The van der Waals surface area contributed by atoms with Gasteiger partial charge in [-0.1, -0.05) is 11.6 Å². The largest absolute Gasteiger partial charge is 0.494 e. The summed E-state index contributed by atoms with van der Waals surface area (Å²) in [5, 5.41) is 0.193. The van der Waals surface area contributed by atoms with Crippen LogP contribution in [0.1, 0.15) is 17.3 Å². The van der Waals surface area contributed by atoms with Crippen LogP contribution in [-0.4, -0.2) is 39.9 Å². The Morgan fingerprint density at radius 2 is 1.80 bits per heavy atom. The number of anilines is 1. The topological polar surface area (TPSA) is 75.7 Å². The summed E-state index contributed by atoms with van der Waals surface area (Å²) < 4.78 is 32.9. The number of sulfonamides is 1. The van der Waals surface area contributed by atoms with Gasteiger partial charge in [0.15, 0.2) is 0 Å². The number of halogens is 1. The van der Waals surface area contributed by atoms with E-state index in [1.54, 1.807) is 38.4 Å². The van der Waals surface area contributed by atoms with Crippen LogP contribution >= 0.6 is 11.6 Å². The molecule has 0 fully saturated rings. The Hall–Kier alpha value is -2.25. The maximum Gasteiger partial charge on any atom is 0.261 e. The highest BCUT2D eigenvalue weighted by Gasteiger charge is 2.19. The van der Waals surface area contributed by atoms with E-state index in [2.05, 4.69) is 4.72 Å². The molecule has 0 bridgehead atoms. The van der Waals surface area contributed by atoms with E-state index in [1.807, 2.05) is 6.92 Å². The summed E-state index contributed by atoms with van der Waals surface area (Å²) in [7, 11) is -0.722. The van der Waals surface area contributed by atoms with Crippen molar-refractivity contribution in [3.8, 4) is 5.75 Å². The molecule has 2 aromatic carbocycles. The van der Waals surface area contributed by atoms with E-state index in [0.717, 1.165) is 0 Å². The van der Waals surface area contributed by atoms with Crippen LogP contribution in [0.5, 0.6) is 5.75 Å². The Morgan fingerprint density at radius 3 is 2.36 bits per heavy atom. The lowest BCUT2D eigenvalue weighted by atomic mass is 10.2. The quantitative estimate of drug-likeness (QED) is 0.832. The molecule has 0 saturated heterocycles. The minimum atomic E-state index is -3.86. The van der Waals surface area contributed by atoms with E-state index in [1.165, 1.54) is 23.1 Å². The summed E-state index contributed by atoms with van der Waals surface area (Å²) in [4.78, 5) is 13.4. The molecule has 2 aromatic rings. The van der Waals surface area contributed by atoms with Crippen molar-refractivity contribution < 1.29 is 17.9 Å². The van der Waals surface area contributed by atoms with Gasteiger partial charge in [0.25, 0.3) is 15.9 Å². The van der Waals surface area contributed by atoms with Crippen LogP contribution in [-0.2, 0) is 10.0 Å². The summed E-state index contributed by atoms with van der Waals surface area (Å²) in [5.41, 5.74) is 0.514. The van der Waals surface area contributed by atoms with E-state index in [0.29, 0.717) is 18.0 Å². The van der Waals surface area contributed by atoms with Crippen LogP contribution in [0.2, 0.25) is 5.02 Å². The van der Waals surface area contributed by atoms with Gasteiger partial charge in [-0.2, -0.15) is 0 Å². The summed E-state index contributed by atoms with van der Waals surface area (Å²) in [5.74, 6) is 0.277. The highest BCUT2D eigenvalue weighted by Crippen LogP contribution is 2.24. The van der Waals surface area contributed by atoms with Crippen molar-refractivity contribution in [3.05, 3.63) is 53.1 Å². The molecule has 0 spiro atoms. The first-order valence-electron chi connectivity index (χ1n) is 7.51. The number of nitrogens with one attached hydrogen (secondary N) is 1. The standard InChI is InChI=1S/C17H19ClN2O4S/c1-4-24-13-7-5-12(6-8-13)19-25(22,23)14-9-10-16(18)15(11-14)17(21)20(2)3/h5-11,19H,4H2,1-3H3. The van der Waals surface area contributed by atoms with Gasteiger partial charge in [-0.15, -0.1) is 0 Å². The smallest absolute Gasteiger partial charge is 0.261 e. The Balaban J connectivity index is 2.30. The van der Waals surface area contributed by atoms with E-state index in [9.17, 15) is 13.2 Å². The van der Waals surface area contributed by atoms with Crippen LogP contribution in [0, 0.1) is 0 Å². The summed E-state index contributed by atoms with van der Waals surface area (Å²) >= 11 is 6.02. The Labute approximate surface area is 152 Å². The monoisotopic (exact) mass is 382 g/mol. The van der Waals surface area contributed by atoms with E-state index in [4.69, 9.17) is 16.3 Å². The maximum absolute atomic E-state index is 12.6. The van der Waals surface area contributed by atoms with Crippen LogP contribution in [0.3, 0.4) is 0 Å². The molecular formula is C17H19ClN2O4S. The van der Waals surface area contributed by atoms with Gasteiger partial charge in [0, 0.05) is 19.8 Å². The maximum atomic E-state index is 12.6. The number of hydrogen-bond acceptors (Lipinski definition) is 4. The lowest BCUT2D eigenvalue weighted by Crippen LogP contribution is -2.22. The molecule has 6 nitrogen and oxygen atoms in total. The Morgan fingerprint density at radius 1 is 1.16 bits per heavy atom. The Bertz CT molecular complexity index is 865. The van der Waals surface area contributed by atoms with E-state index < -0.39 is 10.0 Å². The SMILES string of the molecule is CCOc1ccc(NS(=O)(=O)c2ccc(Cl)c(C(=O)N(C)C)c2)cc1. The number of nitrogens with zero attached hydrogens (tertiary/aromatic N) is 1. The average Bonchev–Trinajstić information content (AvgIpc) is 2.56. The predicted molar refractivity (Wildman–Crippen MR) is 97.9 cm³/mol. The molecule has 0 unspecified atom stereocenters. The third-order valence-corrected chi connectivity index (χ3v) is 5.01. The molecule has 134 valence electrons. The number of hydrogen-bond donors (Lipinski definition) is 1. The van der Waals surface area contributed by atoms with Gasteiger partial charge in [0.1, 0.15) is 5.75 Å². The fraction of sp³-hybridized carbons (Fsp3) is 0.235. The van der Waals surface area contributed by atoms with Gasteiger partial charge >= 0.3 is 0 Å². The second-order valence-corrected chi connectivity index (χ2v) is 7.49. The minimum Gasteiger partial charge on any atom is -0.494 e. The number of carbonyl (C=O) groups excluding carboxylic acids is 1. The minimum absolute atomic E-state index is 0.0454. The number of ether oxygens (including phenoxy) is 1. The van der Waals surface area contributed by atoms with E-state index >= 15 is 0 Å². The molecule has 2 rings (SSSR count). The molecule has 0 radical (unpaired) electrons. The van der Waals surface area contributed by atoms with Crippen LogP contribution in [0.4, 0.5) is 5.69 Å². The first-order valence-corrected chi connectivity index (χ1v) is 9.37. The highest BCUT2D eigenvalue weighted by molar-refractivity contribution is 7.92. The molecule has 0 aliphatic heterocycles. The zero-order valence-electron chi connectivity index (χ0n) is 14.1. The normalized spacial score (nSPS) is 11.0. The molecule has 25 heavy (non-hydrogen) atoms. The molecule has 0 aliphatic carbocycles. The van der Waals surface area contributed by atoms with E-state index in [-0.39, 0.29) is 21.4 Å². The zero-order chi connectivity index (χ0) is 18.6. The fourth-order valence-electron chi connectivity index (χ4n) is 2.08. The molecule has 0 atom stereocenters. The van der Waals surface area contributed by atoms with Gasteiger partial charge in [-0.05, 0) is 49.4 Å². The average molecular weight is 383 g/mol. The highest BCUT2D eigenvalue weighted by atomic mass is 35.5. The summed E-state index contributed by atoms with van der Waals surface area (Å²) in [6.45, 7) is 2.39. The summed E-state index contributed by atoms with van der Waals surface area (Å²) in [6, 6.07) is 10.6. The van der Waals surface area contributed by atoms with Gasteiger partial charge < -0.3 is 9.64 Å². The molecule has 8 heteroatoms. The van der Waals surface area contributed by atoms with Gasteiger partial charge in [-0.3, -0.25) is 9.52 Å². The zero-order valence-corrected chi connectivity index (χ0v) is 15.7. The lowest BCUT2D eigenvalue weighted by molar-refractivity contribution is 0.0827. The molecule has 0 heterocycles. The lowest BCUT2D eigenvalue weighted by Gasteiger charge is -2.14. The fourth-order valence-corrected chi connectivity index (χ4v) is 3.36. The molecule has 1 amide bonds. The van der Waals surface area contributed by atoms with Crippen molar-refractivity contribution >= 4 is 33.2 Å². The molecule has 1 N–H and O–H groups in total. The van der Waals surface area contributed by atoms with Gasteiger partial charge in [0.2, 0.25) is 0 Å². The number of rotatable bonds is 6. The molecule has 0 aromatic heterocycles. The summed E-state index contributed by atoms with van der Waals surface area (Å²) in [6.07, 6.45) is 0. The van der Waals surface area contributed by atoms with Crippen molar-refractivity contribution in [2.45, 2.75) is 11.8 Å². The van der Waals surface area contributed by atoms with Crippen LogP contribution < -0.4 is 9.46 Å². The molecule has 0 saturated carbocycles. The molecular weight excluding hydrogens is 364 g/mol. The third kappa shape index (κ3) is 4.64.